The highest BCUT2D eigenvalue weighted by Gasteiger charge is 2.26. The maximum Gasteiger partial charge on any atom is 0.355 e. The van der Waals surface area contributed by atoms with Crippen LogP contribution in [0.25, 0.3) is 22.7 Å². The molecule has 8 nitrogen and oxygen atoms in total. The number of carboxylic acid groups (broad SMARTS) is 1. The van der Waals surface area contributed by atoms with Crippen molar-refractivity contribution in [3.05, 3.63) is 75.9 Å². The molecule has 0 amide bonds. The molecule has 0 bridgehead atoms. The van der Waals surface area contributed by atoms with Gasteiger partial charge in [0, 0.05) is 42.0 Å². The Bertz CT molecular complexity index is 1480. The fourth-order valence-electron chi connectivity index (χ4n) is 4.62. The van der Waals surface area contributed by atoms with Crippen LogP contribution in [0.3, 0.4) is 0 Å². The van der Waals surface area contributed by atoms with Gasteiger partial charge in [-0.3, -0.25) is 4.40 Å². The molecular formula is C30H35N5O3S. The standard InChI is InChI=1S/C26H23N5O3S.2C2H6/c1-16-13-28-25(34-23(16)17-6-7-20(27-14-17)30-9-2-3-10-30)19-5-4-11-31-22(26(32)33)21(29-24(19)31)18-8-12-35-15-18;2*1-2/h4-8,11-12,14-15H,2-3,9-10,13H2,1H3,(H,32,33);2*1-2H3. The van der Waals surface area contributed by atoms with E-state index < -0.39 is 5.97 Å². The van der Waals surface area contributed by atoms with E-state index >= 15 is 0 Å². The second-order valence-electron chi connectivity index (χ2n) is 8.67. The van der Waals surface area contributed by atoms with Gasteiger partial charge >= 0.3 is 5.97 Å². The lowest BCUT2D eigenvalue weighted by Crippen LogP contribution is -2.19. The van der Waals surface area contributed by atoms with Crippen LogP contribution in [0.5, 0.6) is 0 Å². The quantitative estimate of drug-likeness (QED) is 0.290. The van der Waals surface area contributed by atoms with Gasteiger partial charge in [0.05, 0.1) is 12.1 Å². The Hall–Kier alpha value is -3.98. The summed E-state index contributed by atoms with van der Waals surface area (Å²) in [5, 5.41) is 13.7. The van der Waals surface area contributed by atoms with Crippen molar-refractivity contribution in [1.29, 1.82) is 0 Å². The topological polar surface area (TPSA) is 92.3 Å². The van der Waals surface area contributed by atoms with Crippen LogP contribution in [0, 0.1) is 0 Å². The zero-order chi connectivity index (χ0) is 27.9. The first kappa shape index (κ1) is 28.0. The summed E-state index contributed by atoms with van der Waals surface area (Å²) in [5.41, 5.74) is 4.34. The monoisotopic (exact) mass is 545 g/mol. The Kier molecular flexibility index (Phi) is 9.14. The Morgan fingerprint density at radius 3 is 2.46 bits per heavy atom. The van der Waals surface area contributed by atoms with Gasteiger partial charge in [0.15, 0.2) is 11.3 Å². The van der Waals surface area contributed by atoms with Crippen molar-refractivity contribution >= 4 is 40.4 Å². The molecule has 1 N–H and O–H groups in total. The number of fused-ring (bicyclic) bond motifs is 1. The van der Waals surface area contributed by atoms with Gasteiger partial charge < -0.3 is 14.7 Å². The average Bonchev–Trinajstić information content (AvgIpc) is 3.76. The van der Waals surface area contributed by atoms with E-state index in [4.69, 9.17) is 9.72 Å². The van der Waals surface area contributed by atoms with Crippen molar-refractivity contribution in [2.45, 2.75) is 47.5 Å². The lowest BCUT2D eigenvalue weighted by Gasteiger charge is -2.21. The van der Waals surface area contributed by atoms with Crippen LogP contribution in [-0.2, 0) is 4.74 Å². The molecule has 0 unspecified atom stereocenters. The van der Waals surface area contributed by atoms with Gasteiger partial charge in [0.2, 0.25) is 5.90 Å². The second-order valence-corrected chi connectivity index (χ2v) is 9.45. The van der Waals surface area contributed by atoms with Gasteiger partial charge in [-0.25, -0.2) is 19.8 Å². The predicted molar refractivity (Wildman–Crippen MR) is 159 cm³/mol. The molecule has 0 atom stereocenters. The van der Waals surface area contributed by atoms with Crippen LogP contribution >= 0.6 is 11.3 Å². The summed E-state index contributed by atoms with van der Waals surface area (Å²) in [6.07, 6.45) is 5.96. The molecule has 4 aromatic heterocycles. The molecule has 204 valence electrons. The Labute approximate surface area is 233 Å². The van der Waals surface area contributed by atoms with E-state index in [-0.39, 0.29) is 5.69 Å². The average molecular weight is 546 g/mol. The van der Waals surface area contributed by atoms with Crippen LogP contribution in [0.1, 0.15) is 69.1 Å². The molecule has 0 spiro atoms. The molecule has 2 aliphatic rings. The number of hydrogen-bond donors (Lipinski definition) is 1. The number of nitrogens with zero attached hydrogens (tertiary/aromatic N) is 5. The molecule has 0 aromatic carbocycles. The number of aromatic nitrogens is 3. The fourth-order valence-corrected chi connectivity index (χ4v) is 5.26. The molecule has 2 aliphatic heterocycles. The van der Waals surface area contributed by atoms with Crippen molar-refractivity contribution < 1.29 is 14.6 Å². The number of aromatic carboxylic acids is 1. The number of ether oxygens (including phenoxy) is 1. The van der Waals surface area contributed by atoms with Crippen LogP contribution in [0.4, 0.5) is 5.82 Å². The van der Waals surface area contributed by atoms with Crippen molar-refractivity contribution in [2.75, 3.05) is 24.5 Å². The maximum absolute atomic E-state index is 12.1. The lowest BCUT2D eigenvalue weighted by molar-refractivity contribution is 0.0690. The highest BCUT2D eigenvalue weighted by molar-refractivity contribution is 7.08. The SMILES string of the molecule is CC.CC.CC1=C(c2ccc(N3CCCC3)nc2)OC(c2cccn3c(C(=O)O)c(-c4ccsc4)nc23)=NC1. The Morgan fingerprint density at radius 1 is 1.05 bits per heavy atom. The van der Waals surface area contributed by atoms with Crippen molar-refractivity contribution in [3.63, 3.8) is 0 Å². The third-order valence-electron chi connectivity index (χ3n) is 6.36. The third kappa shape index (κ3) is 5.59. The first-order valence-electron chi connectivity index (χ1n) is 13.5. The number of pyridine rings is 2. The van der Waals surface area contributed by atoms with Gasteiger partial charge in [-0.1, -0.05) is 27.7 Å². The molecule has 1 saturated heterocycles. The number of carboxylic acids is 1. The predicted octanol–water partition coefficient (Wildman–Crippen LogP) is 7.02. The minimum absolute atomic E-state index is 0.116. The molecule has 4 aromatic rings. The zero-order valence-electron chi connectivity index (χ0n) is 23.1. The number of carbonyl (C=O) groups is 1. The van der Waals surface area contributed by atoms with E-state index in [9.17, 15) is 9.90 Å². The summed E-state index contributed by atoms with van der Waals surface area (Å²) in [7, 11) is 0. The summed E-state index contributed by atoms with van der Waals surface area (Å²) in [6.45, 7) is 12.6. The molecule has 6 heterocycles. The number of rotatable bonds is 5. The Morgan fingerprint density at radius 2 is 1.82 bits per heavy atom. The number of anilines is 1. The summed E-state index contributed by atoms with van der Waals surface area (Å²) < 4.78 is 7.91. The highest BCUT2D eigenvalue weighted by atomic mass is 32.1. The second kappa shape index (κ2) is 12.7. The lowest BCUT2D eigenvalue weighted by atomic mass is 10.1. The molecule has 0 radical (unpaired) electrons. The van der Waals surface area contributed by atoms with Gasteiger partial charge in [-0.05, 0) is 61.1 Å². The first-order chi connectivity index (χ1) is 19.1. The Balaban J connectivity index is 0.000000845. The number of hydrogen-bond acceptors (Lipinski definition) is 7. The fraction of sp³-hybridized carbons (Fsp3) is 0.333. The van der Waals surface area contributed by atoms with E-state index in [1.54, 1.807) is 16.7 Å². The molecule has 39 heavy (non-hydrogen) atoms. The number of aliphatic imine (C=N–C) groups is 1. The van der Waals surface area contributed by atoms with Crippen molar-refractivity contribution in [3.8, 4) is 11.3 Å². The minimum atomic E-state index is -1.04. The van der Waals surface area contributed by atoms with E-state index in [0.717, 1.165) is 41.4 Å². The third-order valence-corrected chi connectivity index (χ3v) is 7.05. The zero-order valence-corrected chi connectivity index (χ0v) is 24.0. The van der Waals surface area contributed by atoms with Crippen LogP contribution in [0.2, 0.25) is 0 Å². The number of imidazole rings is 1. The summed E-state index contributed by atoms with van der Waals surface area (Å²) in [5.74, 6) is 1.08. The van der Waals surface area contributed by atoms with Gasteiger partial charge in [-0.15, -0.1) is 0 Å². The van der Waals surface area contributed by atoms with Gasteiger partial charge in [-0.2, -0.15) is 11.3 Å². The minimum Gasteiger partial charge on any atom is -0.476 e. The molecule has 1 fully saturated rings. The van der Waals surface area contributed by atoms with Gasteiger partial charge in [0.25, 0.3) is 0 Å². The number of thiophene rings is 1. The van der Waals surface area contributed by atoms with Gasteiger partial charge in [0.1, 0.15) is 17.3 Å². The van der Waals surface area contributed by atoms with E-state index in [1.807, 2.05) is 75.8 Å². The summed E-state index contributed by atoms with van der Waals surface area (Å²) >= 11 is 1.50. The van der Waals surface area contributed by atoms with Crippen LogP contribution in [0.15, 0.2) is 64.1 Å². The normalized spacial score (nSPS) is 14.7. The largest absolute Gasteiger partial charge is 0.476 e. The smallest absolute Gasteiger partial charge is 0.355 e. The molecule has 9 heteroatoms. The highest BCUT2D eigenvalue weighted by Crippen LogP contribution is 2.31. The molecule has 0 aliphatic carbocycles. The molecule has 0 saturated carbocycles. The molecular weight excluding hydrogens is 510 g/mol. The van der Waals surface area contributed by atoms with Crippen LogP contribution < -0.4 is 4.90 Å². The van der Waals surface area contributed by atoms with Crippen molar-refractivity contribution in [1.82, 2.24) is 14.4 Å². The van der Waals surface area contributed by atoms with Crippen LogP contribution in [-0.4, -0.2) is 51.0 Å². The first-order valence-corrected chi connectivity index (χ1v) is 14.4. The van der Waals surface area contributed by atoms with E-state index in [1.165, 1.54) is 24.2 Å². The van der Waals surface area contributed by atoms with E-state index in [0.29, 0.717) is 29.3 Å². The summed E-state index contributed by atoms with van der Waals surface area (Å²) in [4.78, 5) is 28.5. The molecule has 6 rings (SSSR count). The van der Waals surface area contributed by atoms with Crippen molar-refractivity contribution in [2.24, 2.45) is 4.99 Å². The summed E-state index contributed by atoms with van der Waals surface area (Å²) in [6, 6.07) is 9.59. The van der Waals surface area contributed by atoms with E-state index in [2.05, 4.69) is 14.9 Å². The maximum atomic E-state index is 12.1.